The molecule has 0 aliphatic carbocycles. The van der Waals surface area contributed by atoms with Crippen LogP contribution < -0.4 is 4.72 Å². The van der Waals surface area contributed by atoms with E-state index in [1.54, 1.807) is 13.0 Å². The van der Waals surface area contributed by atoms with E-state index in [-0.39, 0.29) is 15.5 Å². The lowest BCUT2D eigenvalue weighted by molar-refractivity contribution is 0.0698. The number of nitrogens with one attached hydrogen (secondary N) is 1. The van der Waals surface area contributed by atoms with Crippen molar-refractivity contribution in [2.75, 3.05) is 4.72 Å². The second-order valence-corrected chi connectivity index (χ2v) is 8.93. The van der Waals surface area contributed by atoms with Crippen molar-refractivity contribution in [2.45, 2.75) is 11.1 Å². The standard InChI is InChI=1S/C12H9ClINO4S2/c1-6-4-10(20-11(6)13)21(18,19)15-9-3-2-7(14)5-8(9)12(16)17/h2-5,15H,1H3,(H,16,17). The molecule has 2 aromatic rings. The van der Waals surface area contributed by atoms with Crippen LogP contribution >= 0.6 is 45.5 Å². The number of carboxylic acid groups (broad SMARTS) is 1. The first-order chi connectivity index (χ1) is 9.70. The smallest absolute Gasteiger partial charge is 0.337 e. The molecule has 0 radical (unpaired) electrons. The highest BCUT2D eigenvalue weighted by Crippen LogP contribution is 2.32. The van der Waals surface area contributed by atoms with Gasteiger partial charge in [0.05, 0.1) is 15.6 Å². The molecule has 112 valence electrons. The molecule has 9 heteroatoms. The van der Waals surface area contributed by atoms with E-state index in [1.807, 2.05) is 22.6 Å². The SMILES string of the molecule is Cc1cc(S(=O)(=O)Nc2ccc(I)cc2C(=O)O)sc1Cl. The summed E-state index contributed by atoms with van der Waals surface area (Å²) < 4.78 is 28.0. The first-order valence-corrected chi connectivity index (χ1v) is 9.28. The number of carboxylic acids is 1. The summed E-state index contributed by atoms with van der Waals surface area (Å²) >= 11 is 8.75. The summed E-state index contributed by atoms with van der Waals surface area (Å²) in [5.74, 6) is -1.20. The van der Waals surface area contributed by atoms with Crippen LogP contribution in [0.3, 0.4) is 0 Å². The minimum Gasteiger partial charge on any atom is -0.478 e. The Labute approximate surface area is 144 Å². The number of sulfonamides is 1. The van der Waals surface area contributed by atoms with Crippen LogP contribution in [0.25, 0.3) is 0 Å². The van der Waals surface area contributed by atoms with E-state index in [4.69, 9.17) is 16.7 Å². The molecule has 0 aliphatic heterocycles. The summed E-state index contributed by atoms with van der Waals surface area (Å²) in [6.07, 6.45) is 0. The number of carbonyl (C=O) groups is 1. The van der Waals surface area contributed by atoms with Crippen LogP contribution in [0.4, 0.5) is 5.69 Å². The third kappa shape index (κ3) is 3.68. The number of anilines is 1. The molecule has 1 heterocycles. The molecular weight excluding hydrogens is 449 g/mol. The number of aromatic carboxylic acids is 1. The van der Waals surface area contributed by atoms with Gasteiger partial charge in [0.1, 0.15) is 4.21 Å². The predicted octanol–water partition coefficient (Wildman–Crippen LogP) is 3.81. The van der Waals surface area contributed by atoms with Gasteiger partial charge in [-0.1, -0.05) is 11.6 Å². The van der Waals surface area contributed by atoms with E-state index in [1.165, 1.54) is 18.2 Å². The summed E-state index contributed by atoms with van der Waals surface area (Å²) in [5, 5.41) is 9.15. The Morgan fingerprint density at radius 3 is 2.57 bits per heavy atom. The van der Waals surface area contributed by atoms with Crippen molar-refractivity contribution in [3.8, 4) is 0 Å². The molecule has 0 unspecified atom stereocenters. The van der Waals surface area contributed by atoms with E-state index in [2.05, 4.69) is 4.72 Å². The molecule has 0 aliphatic rings. The zero-order chi connectivity index (χ0) is 15.8. The third-order valence-electron chi connectivity index (χ3n) is 2.56. The van der Waals surface area contributed by atoms with Gasteiger partial charge in [0, 0.05) is 3.57 Å². The van der Waals surface area contributed by atoms with Crippen molar-refractivity contribution in [2.24, 2.45) is 0 Å². The number of halogens is 2. The minimum atomic E-state index is -3.87. The van der Waals surface area contributed by atoms with Gasteiger partial charge in [-0.2, -0.15) is 0 Å². The Balaban J connectivity index is 2.44. The molecule has 21 heavy (non-hydrogen) atoms. The van der Waals surface area contributed by atoms with E-state index in [0.29, 0.717) is 13.5 Å². The lowest BCUT2D eigenvalue weighted by Gasteiger charge is -2.09. The van der Waals surface area contributed by atoms with Crippen LogP contribution in [-0.2, 0) is 10.0 Å². The first-order valence-electron chi connectivity index (χ1n) is 5.52. The fraction of sp³-hybridized carbons (Fsp3) is 0.0833. The highest BCUT2D eigenvalue weighted by atomic mass is 127. The molecule has 0 bridgehead atoms. The van der Waals surface area contributed by atoms with Crippen LogP contribution in [-0.4, -0.2) is 19.5 Å². The van der Waals surface area contributed by atoms with Crippen molar-refractivity contribution < 1.29 is 18.3 Å². The van der Waals surface area contributed by atoms with Crippen molar-refractivity contribution in [1.29, 1.82) is 0 Å². The Hall–Kier alpha value is -0.840. The minimum absolute atomic E-state index is 0.0186. The molecule has 2 N–H and O–H groups in total. The highest BCUT2D eigenvalue weighted by Gasteiger charge is 2.21. The Morgan fingerprint density at radius 2 is 2.05 bits per heavy atom. The third-order valence-corrected chi connectivity index (χ3v) is 6.62. The lowest BCUT2D eigenvalue weighted by Crippen LogP contribution is -2.14. The summed E-state index contributed by atoms with van der Waals surface area (Å²) in [4.78, 5) is 11.2. The molecule has 1 aromatic heterocycles. The van der Waals surface area contributed by atoms with Crippen molar-refractivity contribution in [1.82, 2.24) is 0 Å². The average Bonchev–Trinajstić information content (AvgIpc) is 2.72. The normalized spacial score (nSPS) is 11.4. The predicted molar refractivity (Wildman–Crippen MR) is 91.0 cm³/mol. The van der Waals surface area contributed by atoms with Crippen LogP contribution in [0, 0.1) is 10.5 Å². The molecule has 0 saturated carbocycles. The highest BCUT2D eigenvalue weighted by molar-refractivity contribution is 14.1. The Morgan fingerprint density at radius 1 is 1.38 bits per heavy atom. The molecular formula is C12H9ClINO4S2. The zero-order valence-electron chi connectivity index (χ0n) is 10.6. The van der Waals surface area contributed by atoms with Crippen molar-refractivity contribution in [3.05, 3.63) is 43.3 Å². The second kappa shape index (κ2) is 6.11. The quantitative estimate of drug-likeness (QED) is 0.684. The van der Waals surface area contributed by atoms with Crippen LogP contribution in [0.15, 0.2) is 28.5 Å². The van der Waals surface area contributed by atoms with Crippen LogP contribution in [0.2, 0.25) is 4.34 Å². The number of hydrogen-bond donors (Lipinski definition) is 2. The maximum absolute atomic E-state index is 12.3. The Kier molecular flexibility index (Phi) is 4.81. The van der Waals surface area contributed by atoms with Crippen LogP contribution in [0.1, 0.15) is 15.9 Å². The van der Waals surface area contributed by atoms with E-state index in [9.17, 15) is 13.2 Å². The number of benzene rings is 1. The molecule has 2 rings (SSSR count). The molecule has 5 nitrogen and oxygen atoms in total. The topological polar surface area (TPSA) is 83.5 Å². The largest absolute Gasteiger partial charge is 0.478 e. The van der Waals surface area contributed by atoms with E-state index < -0.39 is 16.0 Å². The van der Waals surface area contributed by atoms with Gasteiger partial charge in [0.15, 0.2) is 0 Å². The zero-order valence-corrected chi connectivity index (χ0v) is 15.1. The molecule has 0 amide bonds. The number of thiophene rings is 1. The number of hydrogen-bond acceptors (Lipinski definition) is 4. The van der Waals surface area contributed by atoms with E-state index in [0.717, 1.165) is 11.3 Å². The number of rotatable bonds is 4. The number of aryl methyl sites for hydroxylation is 1. The molecule has 1 aromatic carbocycles. The van der Waals surface area contributed by atoms with Gasteiger partial charge < -0.3 is 5.11 Å². The first kappa shape index (κ1) is 16.5. The fourth-order valence-electron chi connectivity index (χ4n) is 1.54. The Bertz CT molecular complexity index is 797. The molecule has 0 fully saturated rings. The van der Waals surface area contributed by atoms with E-state index >= 15 is 0 Å². The van der Waals surface area contributed by atoms with Gasteiger partial charge in [-0.15, -0.1) is 11.3 Å². The maximum Gasteiger partial charge on any atom is 0.337 e. The summed E-state index contributed by atoms with van der Waals surface area (Å²) in [6, 6.07) is 5.89. The summed E-state index contributed by atoms with van der Waals surface area (Å²) in [5.41, 5.74) is 0.568. The van der Waals surface area contributed by atoms with Crippen molar-refractivity contribution in [3.63, 3.8) is 0 Å². The monoisotopic (exact) mass is 457 g/mol. The second-order valence-electron chi connectivity index (χ2n) is 4.12. The maximum atomic E-state index is 12.3. The van der Waals surface area contributed by atoms with Gasteiger partial charge in [-0.05, 0) is 59.3 Å². The van der Waals surface area contributed by atoms with Gasteiger partial charge in [0.2, 0.25) is 0 Å². The summed E-state index contributed by atoms with van der Waals surface area (Å²) in [6.45, 7) is 1.70. The fourth-order valence-corrected chi connectivity index (χ4v) is 4.82. The summed E-state index contributed by atoms with van der Waals surface area (Å²) in [7, 11) is -3.87. The van der Waals surface area contributed by atoms with Gasteiger partial charge in [-0.25, -0.2) is 13.2 Å². The molecule has 0 saturated heterocycles. The molecule has 0 spiro atoms. The van der Waals surface area contributed by atoms with Crippen molar-refractivity contribution >= 4 is 67.2 Å². The molecule has 0 atom stereocenters. The van der Waals surface area contributed by atoms with Crippen LogP contribution in [0.5, 0.6) is 0 Å². The lowest BCUT2D eigenvalue weighted by atomic mass is 10.2. The van der Waals surface area contributed by atoms with Gasteiger partial charge in [0.25, 0.3) is 10.0 Å². The van der Waals surface area contributed by atoms with Gasteiger partial charge >= 0.3 is 5.97 Å². The van der Waals surface area contributed by atoms with Gasteiger partial charge in [-0.3, -0.25) is 4.72 Å². The average molecular weight is 458 g/mol.